The fraction of sp³-hybridized carbons (Fsp3) is 0.594. The van der Waals surface area contributed by atoms with Crippen molar-refractivity contribution in [1.29, 1.82) is 0 Å². The molecule has 8 heteroatoms. The third-order valence-corrected chi connectivity index (χ3v) is 10.4. The van der Waals surface area contributed by atoms with Crippen molar-refractivity contribution in [2.45, 2.75) is 89.3 Å². The molecule has 1 saturated carbocycles. The normalized spacial score (nSPS) is 20.0. The first-order valence-corrected chi connectivity index (χ1v) is 16.1. The molecule has 4 rings (SSSR count). The van der Waals surface area contributed by atoms with Crippen LogP contribution in [0, 0.1) is 5.92 Å². The van der Waals surface area contributed by atoms with E-state index in [1.807, 2.05) is 47.4 Å². The number of benzene rings is 2. The summed E-state index contributed by atoms with van der Waals surface area (Å²) in [5, 5.41) is 11.0. The van der Waals surface area contributed by atoms with Crippen LogP contribution >= 0.6 is 0 Å². The van der Waals surface area contributed by atoms with Crippen LogP contribution in [0.3, 0.4) is 0 Å². The maximum atomic E-state index is 13.8. The molecule has 0 unspecified atom stereocenters. The number of hydrogen-bond acceptors (Lipinski definition) is 6. The summed E-state index contributed by atoms with van der Waals surface area (Å²) in [5.41, 5.74) is 1.74. The number of sulfone groups is 1. The van der Waals surface area contributed by atoms with Gasteiger partial charge < -0.3 is 9.84 Å². The summed E-state index contributed by atoms with van der Waals surface area (Å²) in [5.74, 6) is 0.253. The van der Waals surface area contributed by atoms with E-state index in [1.54, 1.807) is 12.1 Å². The minimum Gasteiger partial charge on any atom is -0.489 e. The molecule has 1 saturated heterocycles. The molecule has 0 radical (unpaired) electrons. The number of carbonyl (C=O) groups is 1. The molecule has 0 spiro atoms. The molecule has 0 bridgehead atoms. The van der Waals surface area contributed by atoms with Gasteiger partial charge in [-0.25, -0.2) is 12.8 Å². The van der Waals surface area contributed by atoms with Gasteiger partial charge in [0.2, 0.25) is 0 Å². The predicted octanol–water partition coefficient (Wildman–Crippen LogP) is 6.08. The van der Waals surface area contributed by atoms with Gasteiger partial charge in [0.25, 0.3) is 0 Å². The van der Waals surface area contributed by atoms with Gasteiger partial charge in [0.05, 0.1) is 17.1 Å². The Morgan fingerprint density at radius 3 is 2.38 bits per heavy atom. The van der Waals surface area contributed by atoms with Crippen molar-refractivity contribution in [3.05, 3.63) is 65.7 Å². The van der Waals surface area contributed by atoms with Crippen molar-refractivity contribution in [1.82, 2.24) is 4.90 Å². The van der Waals surface area contributed by atoms with Gasteiger partial charge in [0.15, 0.2) is 9.84 Å². The van der Waals surface area contributed by atoms with Gasteiger partial charge in [0, 0.05) is 38.4 Å². The summed E-state index contributed by atoms with van der Waals surface area (Å²) in [6.45, 7) is 1.77. The summed E-state index contributed by atoms with van der Waals surface area (Å²) < 4.78 is 45.1. The molecule has 2 aromatic carbocycles. The molecule has 3 atom stereocenters. The highest BCUT2D eigenvalue weighted by atomic mass is 32.2. The minimum atomic E-state index is -3.18. The van der Waals surface area contributed by atoms with Crippen molar-refractivity contribution in [2.24, 2.45) is 5.92 Å². The Hall–Kier alpha value is -2.29. The first-order chi connectivity index (χ1) is 18.8. The van der Waals surface area contributed by atoms with Gasteiger partial charge in [-0.2, -0.15) is 0 Å². The lowest BCUT2D eigenvalue weighted by molar-refractivity contribution is -0.121. The van der Waals surface area contributed by atoms with Crippen LogP contribution in [0.2, 0.25) is 0 Å². The number of ether oxygens (including phenoxy) is 1. The van der Waals surface area contributed by atoms with E-state index in [0.717, 1.165) is 37.7 Å². The molecule has 0 aromatic heterocycles. The number of aliphatic hydroxyl groups excluding tert-OH is 1. The quantitative estimate of drug-likeness (QED) is 0.294. The SMILES string of the molecule is C.O=C(CCCS(=O)(=O)C1CCCCC1)C[C@H](CN1CC[C@@H](F)C1)[C@H](O)c1ccc(OCc2ccccc2)cc1. The lowest BCUT2D eigenvalue weighted by atomic mass is 9.89. The van der Waals surface area contributed by atoms with Gasteiger partial charge in [-0.3, -0.25) is 9.69 Å². The van der Waals surface area contributed by atoms with Crippen molar-refractivity contribution >= 4 is 15.6 Å². The van der Waals surface area contributed by atoms with Gasteiger partial charge in [0.1, 0.15) is 24.3 Å². The third kappa shape index (κ3) is 9.67. The Morgan fingerprint density at radius 1 is 1.02 bits per heavy atom. The van der Waals surface area contributed by atoms with E-state index in [2.05, 4.69) is 0 Å². The van der Waals surface area contributed by atoms with E-state index >= 15 is 0 Å². The molecule has 0 amide bonds. The van der Waals surface area contributed by atoms with Crippen LogP contribution in [0.25, 0.3) is 0 Å². The molecule has 222 valence electrons. The van der Waals surface area contributed by atoms with Gasteiger partial charge in [-0.1, -0.05) is 69.2 Å². The Labute approximate surface area is 239 Å². The van der Waals surface area contributed by atoms with E-state index < -0.39 is 28.0 Å². The molecular weight excluding hydrogens is 529 g/mol. The zero-order chi connectivity index (χ0) is 27.7. The van der Waals surface area contributed by atoms with Crippen molar-refractivity contribution in [3.8, 4) is 5.75 Å². The number of Topliss-reactive ketones (excluding diaryl/α,β-unsaturated/α-hetero) is 1. The number of rotatable bonds is 14. The van der Waals surface area contributed by atoms with Gasteiger partial charge >= 0.3 is 0 Å². The maximum absolute atomic E-state index is 13.8. The average Bonchev–Trinajstić information content (AvgIpc) is 3.36. The highest BCUT2D eigenvalue weighted by molar-refractivity contribution is 7.92. The molecule has 2 fully saturated rings. The first kappa shape index (κ1) is 32.2. The molecule has 1 aliphatic heterocycles. The third-order valence-electron chi connectivity index (χ3n) is 8.06. The molecule has 2 aromatic rings. The van der Waals surface area contributed by atoms with Crippen LogP contribution in [0.5, 0.6) is 5.75 Å². The topological polar surface area (TPSA) is 83.9 Å². The summed E-state index contributed by atoms with van der Waals surface area (Å²) in [6.07, 6.45) is 3.75. The number of likely N-dealkylation sites (tertiary alicyclic amines) is 1. The number of halogens is 1. The molecular formula is C32H46FNO5S. The second-order valence-corrected chi connectivity index (χ2v) is 13.6. The van der Waals surface area contributed by atoms with E-state index in [4.69, 9.17) is 4.74 Å². The number of nitrogens with zero attached hydrogens (tertiary/aromatic N) is 1. The molecule has 1 heterocycles. The Balaban J connectivity index is 0.00000441. The highest BCUT2D eigenvalue weighted by Gasteiger charge is 2.31. The number of aliphatic hydroxyl groups is 1. The minimum absolute atomic E-state index is 0. The lowest BCUT2D eigenvalue weighted by Crippen LogP contribution is -2.32. The molecule has 6 nitrogen and oxygen atoms in total. The number of hydrogen-bond donors (Lipinski definition) is 1. The predicted molar refractivity (Wildman–Crippen MR) is 158 cm³/mol. The molecule has 40 heavy (non-hydrogen) atoms. The molecule has 1 N–H and O–H groups in total. The van der Waals surface area contributed by atoms with Crippen LogP contribution in [0.1, 0.15) is 82.4 Å². The Kier molecular flexibility index (Phi) is 12.6. The fourth-order valence-electron chi connectivity index (χ4n) is 5.79. The maximum Gasteiger partial charge on any atom is 0.153 e. The van der Waals surface area contributed by atoms with E-state index in [1.165, 1.54) is 0 Å². The lowest BCUT2D eigenvalue weighted by Gasteiger charge is -2.27. The number of carbonyl (C=O) groups excluding carboxylic acids is 1. The van der Waals surface area contributed by atoms with Crippen molar-refractivity contribution in [3.63, 3.8) is 0 Å². The second-order valence-electron chi connectivity index (χ2n) is 11.2. The zero-order valence-electron chi connectivity index (χ0n) is 22.7. The molecule has 1 aliphatic carbocycles. The largest absolute Gasteiger partial charge is 0.489 e. The van der Waals surface area contributed by atoms with E-state index in [9.17, 15) is 22.7 Å². The highest BCUT2D eigenvalue weighted by Crippen LogP contribution is 2.30. The van der Waals surface area contributed by atoms with Gasteiger partial charge in [-0.15, -0.1) is 0 Å². The van der Waals surface area contributed by atoms with Crippen LogP contribution in [0.15, 0.2) is 54.6 Å². The summed E-state index contributed by atoms with van der Waals surface area (Å²) in [6, 6.07) is 17.1. The monoisotopic (exact) mass is 575 g/mol. The van der Waals surface area contributed by atoms with Crippen LogP contribution < -0.4 is 4.74 Å². The zero-order valence-corrected chi connectivity index (χ0v) is 23.5. The van der Waals surface area contributed by atoms with Crippen LogP contribution in [-0.4, -0.2) is 61.0 Å². The number of alkyl halides is 1. The van der Waals surface area contributed by atoms with Crippen molar-refractivity contribution < 1.29 is 27.4 Å². The van der Waals surface area contributed by atoms with Crippen LogP contribution in [0.4, 0.5) is 4.39 Å². The standard InChI is InChI=1S/C31H42FNO5S.CH4/c32-27-17-18-33(22-27)21-26(20-28(34)10-7-19-39(36,37)30-11-5-2-6-12-30)31(35)25-13-15-29(16-14-25)38-23-24-8-3-1-4-9-24;/h1,3-4,8-9,13-16,26-27,30-31,35H,2,5-7,10-12,17-23H2;1H4/t26-,27-,31-;/m1./s1. The van der Waals surface area contributed by atoms with Crippen LogP contribution in [-0.2, 0) is 21.2 Å². The first-order valence-electron chi connectivity index (χ1n) is 14.3. The second kappa shape index (κ2) is 15.6. The average molecular weight is 576 g/mol. The van der Waals surface area contributed by atoms with Crippen molar-refractivity contribution in [2.75, 3.05) is 25.4 Å². The fourth-order valence-corrected chi connectivity index (χ4v) is 7.72. The molecule has 2 aliphatic rings. The summed E-state index contributed by atoms with van der Waals surface area (Å²) in [4.78, 5) is 14.9. The smallest absolute Gasteiger partial charge is 0.153 e. The summed E-state index contributed by atoms with van der Waals surface area (Å²) in [7, 11) is -3.18. The Morgan fingerprint density at radius 2 is 1.73 bits per heavy atom. The number of ketones is 1. The summed E-state index contributed by atoms with van der Waals surface area (Å²) >= 11 is 0. The van der Waals surface area contributed by atoms with Gasteiger partial charge in [-0.05, 0) is 48.9 Å². The van der Waals surface area contributed by atoms with E-state index in [0.29, 0.717) is 50.4 Å². The van der Waals surface area contributed by atoms with E-state index in [-0.39, 0.29) is 37.1 Å². The Bertz CT molecular complexity index is 1140.